The predicted octanol–water partition coefficient (Wildman–Crippen LogP) is 2.67. The molecular weight excluding hydrogens is 350 g/mol. The van der Waals surface area contributed by atoms with Gasteiger partial charge in [0.05, 0.1) is 0 Å². The Bertz CT molecular complexity index is 762. The minimum atomic E-state index is -0.123. The Morgan fingerprint density at radius 2 is 1.81 bits per heavy atom. The summed E-state index contributed by atoms with van der Waals surface area (Å²) in [6.07, 6.45) is 1.97. The van der Waals surface area contributed by atoms with Crippen LogP contribution in [0.2, 0.25) is 0 Å². The number of fused-ring (bicyclic) bond motifs is 1. The lowest BCUT2D eigenvalue weighted by atomic mass is 10.1. The molecule has 1 aliphatic heterocycles. The fourth-order valence-corrected chi connectivity index (χ4v) is 3.07. The monoisotopic (exact) mass is 373 g/mol. The maximum Gasteiger partial charge on any atom is 0.251 e. The number of nitrogens with zero attached hydrogens (tertiary/aromatic N) is 1. The molecule has 138 valence electrons. The van der Waals surface area contributed by atoms with Crippen molar-refractivity contribution in [2.24, 2.45) is 5.73 Å². The first-order valence-electron chi connectivity index (χ1n) is 8.64. The summed E-state index contributed by atoms with van der Waals surface area (Å²) in [7, 11) is 0. The molecule has 0 saturated carbocycles. The van der Waals surface area contributed by atoms with Gasteiger partial charge in [0, 0.05) is 37.3 Å². The van der Waals surface area contributed by atoms with Crippen molar-refractivity contribution in [3.63, 3.8) is 0 Å². The van der Waals surface area contributed by atoms with Gasteiger partial charge in [-0.05, 0) is 42.2 Å². The maximum absolute atomic E-state index is 12.4. The van der Waals surface area contributed by atoms with Gasteiger partial charge < -0.3 is 16.0 Å². The Labute approximate surface area is 160 Å². The van der Waals surface area contributed by atoms with Crippen LogP contribution in [0.3, 0.4) is 0 Å². The van der Waals surface area contributed by atoms with Gasteiger partial charge in [0.2, 0.25) is 5.91 Å². The number of para-hydroxylation sites is 1. The van der Waals surface area contributed by atoms with E-state index in [2.05, 4.69) is 11.4 Å². The molecule has 0 fully saturated rings. The molecule has 0 aromatic heterocycles. The zero-order valence-electron chi connectivity index (χ0n) is 14.6. The number of nitrogens with two attached hydrogens (primary N) is 1. The molecule has 1 aliphatic rings. The van der Waals surface area contributed by atoms with Gasteiger partial charge in [-0.3, -0.25) is 9.59 Å². The van der Waals surface area contributed by atoms with Crippen LogP contribution in [0.25, 0.3) is 0 Å². The predicted molar refractivity (Wildman–Crippen MR) is 106 cm³/mol. The van der Waals surface area contributed by atoms with Gasteiger partial charge in [0.1, 0.15) is 0 Å². The van der Waals surface area contributed by atoms with E-state index in [1.807, 2.05) is 35.2 Å². The zero-order chi connectivity index (χ0) is 17.6. The van der Waals surface area contributed by atoms with E-state index in [1.54, 1.807) is 12.1 Å². The number of carbonyl (C=O) groups excluding carboxylic acids is 2. The molecule has 6 heteroatoms. The largest absolute Gasteiger partial charge is 0.352 e. The summed E-state index contributed by atoms with van der Waals surface area (Å²) in [4.78, 5) is 26.3. The highest BCUT2D eigenvalue weighted by atomic mass is 35.5. The number of hydrogen-bond acceptors (Lipinski definition) is 3. The molecule has 3 rings (SSSR count). The first kappa shape index (κ1) is 19.9. The maximum atomic E-state index is 12.4. The molecule has 0 spiro atoms. The Morgan fingerprint density at radius 1 is 1.08 bits per heavy atom. The van der Waals surface area contributed by atoms with Crippen molar-refractivity contribution in [1.82, 2.24) is 5.32 Å². The van der Waals surface area contributed by atoms with Crippen molar-refractivity contribution in [3.8, 4) is 0 Å². The summed E-state index contributed by atoms with van der Waals surface area (Å²) in [5, 5.41) is 2.86. The van der Waals surface area contributed by atoms with Gasteiger partial charge in [0.25, 0.3) is 5.91 Å². The number of amides is 2. The summed E-state index contributed by atoms with van der Waals surface area (Å²) < 4.78 is 0. The molecule has 2 amide bonds. The summed E-state index contributed by atoms with van der Waals surface area (Å²) >= 11 is 0. The van der Waals surface area contributed by atoms with Crippen molar-refractivity contribution in [2.75, 3.05) is 18.0 Å². The van der Waals surface area contributed by atoms with Gasteiger partial charge in [0.15, 0.2) is 0 Å². The summed E-state index contributed by atoms with van der Waals surface area (Å²) in [5.74, 6) is -0.00552. The number of benzene rings is 2. The third-order valence-electron chi connectivity index (χ3n) is 4.49. The lowest BCUT2D eigenvalue weighted by molar-refractivity contribution is -0.118. The Morgan fingerprint density at radius 3 is 2.54 bits per heavy atom. The Kier molecular flexibility index (Phi) is 7.18. The summed E-state index contributed by atoms with van der Waals surface area (Å²) in [6, 6.07) is 15.3. The summed E-state index contributed by atoms with van der Waals surface area (Å²) in [5.41, 5.74) is 9.40. The Balaban J connectivity index is 0.00000243. The van der Waals surface area contributed by atoms with Crippen LogP contribution in [0, 0.1) is 0 Å². The van der Waals surface area contributed by atoms with Crippen molar-refractivity contribution in [1.29, 1.82) is 0 Å². The van der Waals surface area contributed by atoms with Gasteiger partial charge in [-0.1, -0.05) is 30.3 Å². The highest BCUT2D eigenvalue weighted by Crippen LogP contribution is 2.27. The lowest BCUT2D eigenvalue weighted by Gasteiger charge is -2.17. The molecule has 2 aromatic carbocycles. The van der Waals surface area contributed by atoms with Crippen LogP contribution < -0.4 is 16.0 Å². The average molecular weight is 374 g/mol. The number of carbonyl (C=O) groups is 2. The van der Waals surface area contributed by atoms with Crippen LogP contribution in [0.1, 0.15) is 34.3 Å². The molecule has 0 saturated heterocycles. The van der Waals surface area contributed by atoms with E-state index in [0.29, 0.717) is 31.5 Å². The van der Waals surface area contributed by atoms with Crippen molar-refractivity contribution in [2.45, 2.75) is 25.8 Å². The molecule has 0 radical (unpaired) electrons. The summed E-state index contributed by atoms with van der Waals surface area (Å²) in [6.45, 7) is 1.69. The number of rotatable bonds is 6. The Hall–Kier alpha value is -2.37. The van der Waals surface area contributed by atoms with Crippen LogP contribution in [0.15, 0.2) is 48.5 Å². The second-order valence-electron chi connectivity index (χ2n) is 6.18. The van der Waals surface area contributed by atoms with Gasteiger partial charge >= 0.3 is 0 Å². The molecule has 0 bridgehead atoms. The van der Waals surface area contributed by atoms with Crippen molar-refractivity contribution in [3.05, 3.63) is 65.2 Å². The molecule has 3 N–H and O–H groups in total. The fourth-order valence-electron chi connectivity index (χ4n) is 3.07. The first-order chi connectivity index (χ1) is 12.2. The van der Waals surface area contributed by atoms with E-state index >= 15 is 0 Å². The molecule has 5 nitrogen and oxygen atoms in total. The molecule has 0 unspecified atom stereocenters. The smallest absolute Gasteiger partial charge is 0.251 e. The van der Waals surface area contributed by atoms with Crippen LogP contribution in [0.5, 0.6) is 0 Å². The molecule has 0 aliphatic carbocycles. The molecular formula is C20H24ClN3O2. The average Bonchev–Trinajstić information content (AvgIpc) is 3.09. The number of nitrogens with one attached hydrogen (secondary N) is 1. The number of anilines is 1. The van der Waals surface area contributed by atoms with E-state index in [0.717, 1.165) is 24.2 Å². The highest BCUT2D eigenvalue weighted by Gasteiger charge is 2.23. The second-order valence-corrected chi connectivity index (χ2v) is 6.18. The van der Waals surface area contributed by atoms with Crippen molar-refractivity contribution < 1.29 is 9.59 Å². The van der Waals surface area contributed by atoms with E-state index in [4.69, 9.17) is 5.73 Å². The van der Waals surface area contributed by atoms with E-state index in [-0.39, 0.29) is 24.2 Å². The van der Waals surface area contributed by atoms with E-state index in [1.165, 1.54) is 5.56 Å². The van der Waals surface area contributed by atoms with Crippen molar-refractivity contribution >= 4 is 29.9 Å². The van der Waals surface area contributed by atoms with Gasteiger partial charge in [-0.25, -0.2) is 0 Å². The van der Waals surface area contributed by atoms with Crippen LogP contribution in [-0.4, -0.2) is 24.9 Å². The van der Waals surface area contributed by atoms with E-state index in [9.17, 15) is 9.59 Å². The quantitative estimate of drug-likeness (QED) is 0.764. The minimum absolute atomic E-state index is 0. The minimum Gasteiger partial charge on any atom is -0.352 e. The van der Waals surface area contributed by atoms with Crippen LogP contribution >= 0.6 is 12.4 Å². The normalized spacial score (nSPS) is 12.3. The standard InChI is InChI=1S/C20H23N3O2.ClH/c21-14-15-7-9-17(10-8-15)20(25)22-12-3-6-19(24)23-13-11-16-4-1-2-5-18(16)23;/h1-2,4-5,7-10H,3,6,11-14,21H2,(H,22,25);1H. The SMILES string of the molecule is Cl.NCc1ccc(C(=O)NCCCC(=O)N2CCc3ccccc32)cc1. The number of halogens is 1. The number of hydrogen-bond donors (Lipinski definition) is 2. The molecule has 1 heterocycles. The van der Waals surface area contributed by atoms with Gasteiger partial charge in [-0.15, -0.1) is 12.4 Å². The van der Waals surface area contributed by atoms with Crippen LogP contribution in [0.4, 0.5) is 5.69 Å². The fraction of sp³-hybridized carbons (Fsp3) is 0.300. The molecule has 2 aromatic rings. The highest BCUT2D eigenvalue weighted by molar-refractivity contribution is 5.96. The molecule has 26 heavy (non-hydrogen) atoms. The topological polar surface area (TPSA) is 75.4 Å². The zero-order valence-corrected chi connectivity index (χ0v) is 15.4. The first-order valence-corrected chi connectivity index (χ1v) is 8.64. The third-order valence-corrected chi connectivity index (χ3v) is 4.49. The van der Waals surface area contributed by atoms with E-state index < -0.39 is 0 Å². The lowest BCUT2D eigenvalue weighted by Crippen LogP contribution is -2.30. The molecule has 0 atom stereocenters. The third kappa shape index (κ3) is 4.62. The van der Waals surface area contributed by atoms with Crippen LogP contribution in [-0.2, 0) is 17.8 Å². The second kappa shape index (κ2) is 9.36. The van der Waals surface area contributed by atoms with Gasteiger partial charge in [-0.2, -0.15) is 0 Å².